The summed E-state index contributed by atoms with van der Waals surface area (Å²) in [6.07, 6.45) is 2.27. The van der Waals surface area contributed by atoms with E-state index in [0.717, 1.165) is 16.7 Å². The molecule has 0 saturated heterocycles. The van der Waals surface area contributed by atoms with Crippen LogP contribution >= 0.6 is 11.8 Å². The van der Waals surface area contributed by atoms with E-state index in [2.05, 4.69) is 69.1 Å². The summed E-state index contributed by atoms with van der Waals surface area (Å²) in [4.78, 5) is 4.42. The number of hydrogen-bond donors (Lipinski definition) is 0. The summed E-state index contributed by atoms with van der Waals surface area (Å²) >= 11 is 1.51. The molecular weight excluding hydrogens is 422 g/mol. The van der Waals surface area contributed by atoms with E-state index >= 15 is 0 Å². The third-order valence-electron chi connectivity index (χ3n) is 5.03. The van der Waals surface area contributed by atoms with Gasteiger partial charge in [-0.2, -0.15) is 4.98 Å². The highest BCUT2D eigenvalue weighted by molar-refractivity contribution is 7.98. The average Bonchev–Trinajstić information content (AvgIpc) is 3.55. The van der Waals surface area contributed by atoms with Crippen LogP contribution < -0.4 is 0 Å². The molecule has 0 aliphatic rings. The van der Waals surface area contributed by atoms with Gasteiger partial charge in [0, 0.05) is 6.42 Å². The normalized spacial score (nSPS) is 11.2. The fraction of sp³-hybridized carbons (Fsp3) is 0.167. The lowest BCUT2D eigenvalue weighted by Gasteiger charge is -2.13. The van der Waals surface area contributed by atoms with Crippen molar-refractivity contribution in [2.24, 2.45) is 0 Å². The van der Waals surface area contributed by atoms with Crippen LogP contribution in [-0.4, -0.2) is 24.9 Å². The minimum atomic E-state index is 0.436. The van der Waals surface area contributed by atoms with Crippen molar-refractivity contribution in [1.29, 1.82) is 0 Å². The summed E-state index contributed by atoms with van der Waals surface area (Å²) < 4.78 is 12.9. The Labute approximate surface area is 189 Å². The van der Waals surface area contributed by atoms with Crippen molar-refractivity contribution in [2.45, 2.75) is 31.2 Å². The van der Waals surface area contributed by atoms with Gasteiger partial charge < -0.3 is 8.94 Å². The zero-order valence-electron chi connectivity index (χ0n) is 17.7. The Morgan fingerprint density at radius 2 is 1.84 bits per heavy atom. The molecule has 0 amide bonds. The molecule has 160 valence electrons. The van der Waals surface area contributed by atoms with E-state index < -0.39 is 0 Å². The number of aromatic nitrogens is 5. The monoisotopic (exact) mass is 443 g/mol. The lowest BCUT2D eigenvalue weighted by atomic mass is 10.1. The van der Waals surface area contributed by atoms with Crippen molar-refractivity contribution in [3.8, 4) is 17.3 Å². The molecule has 8 heteroatoms. The van der Waals surface area contributed by atoms with E-state index in [9.17, 15) is 0 Å². The minimum Gasteiger partial charge on any atom is -0.461 e. The van der Waals surface area contributed by atoms with E-state index in [1.165, 1.54) is 28.5 Å². The maximum absolute atomic E-state index is 5.40. The third kappa shape index (κ3) is 4.22. The fourth-order valence-corrected chi connectivity index (χ4v) is 4.33. The number of thioether (sulfide) groups is 1. The minimum absolute atomic E-state index is 0.436. The Hall–Kier alpha value is -3.65. The zero-order valence-corrected chi connectivity index (χ0v) is 18.5. The van der Waals surface area contributed by atoms with Crippen LogP contribution in [-0.2, 0) is 12.2 Å². The molecule has 0 aliphatic heterocycles. The third-order valence-corrected chi connectivity index (χ3v) is 5.95. The second-order valence-corrected chi connectivity index (χ2v) is 8.41. The number of aryl methyl sites for hydroxylation is 2. The molecule has 0 fully saturated rings. The lowest BCUT2D eigenvalue weighted by molar-refractivity contribution is 0.390. The van der Waals surface area contributed by atoms with Crippen LogP contribution in [0.25, 0.3) is 17.3 Å². The highest BCUT2D eigenvalue weighted by atomic mass is 32.2. The van der Waals surface area contributed by atoms with Crippen LogP contribution in [0.4, 0.5) is 0 Å². The van der Waals surface area contributed by atoms with E-state index in [1.54, 1.807) is 18.4 Å². The Kier molecular flexibility index (Phi) is 5.60. The van der Waals surface area contributed by atoms with Crippen molar-refractivity contribution in [3.05, 3.63) is 95.3 Å². The summed E-state index contributed by atoms with van der Waals surface area (Å²) in [6, 6.07) is 20.3. The van der Waals surface area contributed by atoms with Gasteiger partial charge in [-0.05, 0) is 43.2 Å². The number of nitrogens with zero attached hydrogens (tertiary/aromatic N) is 5. The molecule has 0 aliphatic carbocycles. The highest BCUT2D eigenvalue weighted by Crippen LogP contribution is 2.28. The Morgan fingerprint density at radius 1 is 0.969 bits per heavy atom. The molecule has 0 radical (unpaired) electrons. The standard InChI is InChI=1S/C24H21N5O2S/c1-16-10-11-19(17(2)13-16)29-21(14-18-7-4-3-5-8-18)26-27-24(29)32-15-22-25-23(28-31-22)20-9-6-12-30-20/h3-13H,14-15H2,1-2H3. The lowest BCUT2D eigenvalue weighted by Crippen LogP contribution is -2.06. The van der Waals surface area contributed by atoms with Gasteiger partial charge >= 0.3 is 0 Å². The topological polar surface area (TPSA) is 82.8 Å². The van der Waals surface area contributed by atoms with Gasteiger partial charge in [0.2, 0.25) is 11.7 Å². The van der Waals surface area contributed by atoms with Crippen LogP contribution in [0.1, 0.15) is 28.4 Å². The second kappa shape index (κ2) is 8.84. The predicted molar refractivity (Wildman–Crippen MR) is 122 cm³/mol. The maximum Gasteiger partial charge on any atom is 0.238 e. The van der Waals surface area contributed by atoms with Crippen LogP contribution in [0.2, 0.25) is 0 Å². The molecular formula is C24H21N5O2S. The molecule has 7 nitrogen and oxygen atoms in total. The largest absolute Gasteiger partial charge is 0.461 e. The smallest absolute Gasteiger partial charge is 0.238 e. The molecule has 32 heavy (non-hydrogen) atoms. The van der Waals surface area contributed by atoms with Crippen LogP contribution in [0.3, 0.4) is 0 Å². The van der Waals surface area contributed by atoms with Gasteiger partial charge in [0.25, 0.3) is 0 Å². The van der Waals surface area contributed by atoms with E-state index in [-0.39, 0.29) is 0 Å². The summed E-state index contributed by atoms with van der Waals surface area (Å²) in [7, 11) is 0. The van der Waals surface area contributed by atoms with Crippen molar-refractivity contribution >= 4 is 11.8 Å². The average molecular weight is 444 g/mol. The Morgan fingerprint density at radius 3 is 2.62 bits per heavy atom. The van der Waals surface area contributed by atoms with E-state index in [4.69, 9.17) is 8.94 Å². The highest BCUT2D eigenvalue weighted by Gasteiger charge is 2.18. The number of furan rings is 1. The molecule has 0 bridgehead atoms. The van der Waals surface area contributed by atoms with Gasteiger partial charge in [-0.15, -0.1) is 10.2 Å². The van der Waals surface area contributed by atoms with Gasteiger partial charge in [0.05, 0.1) is 17.7 Å². The first-order valence-electron chi connectivity index (χ1n) is 10.2. The summed E-state index contributed by atoms with van der Waals surface area (Å²) in [5, 5.41) is 13.8. The predicted octanol–water partition coefficient (Wildman–Crippen LogP) is 5.41. The zero-order chi connectivity index (χ0) is 21.9. The molecule has 0 N–H and O–H groups in total. The molecule has 0 spiro atoms. The number of benzene rings is 2. The van der Waals surface area contributed by atoms with E-state index in [0.29, 0.717) is 29.6 Å². The fourth-order valence-electron chi connectivity index (χ4n) is 3.53. The van der Waals surface area contributed by atoms with Gasteiger partial charge in [0.15, 0.2) is 10.9 Å². The second-order valence-electron chi connectivity index (χ2n) is 7.46. The Bertz CT molecular complexity index is 1330. The van der Waals surface area contributed by atoms with Gasteiger partial charge in [-0.1, -0.05) is 64.9 Å². The van der Waals surface area contributed by atoms with Crippen molar-refractivity contribution < 1.29 is 8.94 Å². The van der Waals surface area contributed by atoms with Crippen molar-refractivity contribution in [2.75, 3.05) is 0 Å². The van der Waals surface area contributed by atoms with Crippen LogP contribution in [0.5, 0.6) is 0 Å². The van der Waals surface area contributed by atoms with Crippen LogP contribution in [0, 0.1) is 13.8 Å². The molecule has 0 saturated carbocycles. The first kappa shape index (κ1) is 20.3. The molecule has 3 aromatic heterocycles. The van der Waals surface area contributed by atoms with Gasteiger partial charge in [-0.3, -0.25) is 4.57 Å². The van der Waals surface area contributed by atoms with Gasteiger partial charge in [-0.25, -0.2) is 0 Å². The van der Waals surface area contributed by atoms with Gasteiger partial charge in [0.1, 0.15) is 5.82 Å². The first-order chi connectivity index (χ1) is 15.7. The number of rotatable bonds is 7. The van der Waals surface area contributed by atoms with Crippen molar-refractivity contribution in [3.63, 3.8) is 0 Å². The molecule has 3 heterocycles. The number of hydrogen-bond acceptors (Lipinski definition) is 7. The van der Waals surface area contributed by atoms with E-state index in [1.807, 2.05) is 18.2 Å². The molecule has 5 rings (SSSR count). The molecule has 2 aromatic carbocycles. The SMILES string of the molecule is Cc1ccc(-n2c(Cc3ccccc3)nnc2SCc2nc(-c3ccco3)no2)c(C)c1. The quantitative estimate of drug-likeness (QED) is 0.311. The molecule has 0 atom stereocenters. The summed E-state index contributed by atoms with van der Waals surface area (Å²) in [5.74, 6) is 2.87. The first-order valence-corrected chi connectivity index (χ1v) is 11.2. The summed E-state index contributed by atoms with van der Waals surface area (Å²) in [6.45, 7) is 4.20. The maximum atomic E-state index is 5.40. The Balaban J connectivity index is 1.45. The molecule has 5 aromatic rings. The van der Waals surface area contributed by atoms with Crippen molar-refractivity contribution in [1.82, 2.24) is 24.9 Å². The van der Waals surface area contributed by atoms with Crippen LogP contribution in [0.15, 0.2) is 81.0 Å². The summed E-state index contributed by atoms with van der Waals surface area (Å²) in [5.41, 5.74) is 4.63. The molecule has 0 unspecified atom stereocenters.